The Morgan fingerprint density at radius 1 is 0.900 bits per heavy atom. The molecule has 0 bridgehead atoms. The Morgan fingerprint density at radius 2 is 1.47 bits per heavy atom. The molecule has 0 spiro atoms. The van der Waals surface area contributed by atoms with Crippen molar-refractivity contribution in [3.8, 4) is 5.75 Å². The largest absolute Gasteiger partial charge is 0.494 e. The predicted octanol–water partition coefficient (Wildman–Crippen LogP) is 3.91. The fraction of sp³-hybridized carbons (Fsp3) is 0.125. The minimum atomic E-state index is -1.32. The van der Waals surface area contributed by atoms with Gasteiger partial charge in [-0.25, -0.2) is 4.79 Å². The van der Waals surface area contributed by atoms with Crippen LogP contribution in [0.25, 0.3) is 0 Å². The molecular formula is C24H21N3O3. The lowest BCUT2D eigenvalue weighted by molar-refractivity contribution is -0.130. The van der Waals surface area contributed by atoms with Crippen molar-refractivity contribution in [2.45, 2.75) is 12.5 Å². The Labute approximate surface area is 174 Å². The first kappa shape index (κ1) is 19.4. The zero-order valence-corrected chi connectivity index (χ0v) is 16.5. The molecule has 0 unspecified atom stereocenters. The molecule has 0 aliphatic carbocycles. The number of nitrogens with zero attached hydrogens (tertiary/aromatic N) is 2. The zero-order chi connectivity index (χ0) is 21.0. The van der Waals surface area contributed by atoms with Gasteiger partial charge in [0.2, 0.25) is 0 Å². The van der Waals surface area contributed by atoms with Crippen LogP contribution < -0.4 is 10.1 Å². The van der Waals surface area contributed by atoms with Crippen LogP contribution in [0.4, 0.5) is 4.79 Å². The Morgan fingerprint density at radius 3 is 2.00 bits per heavy atom. The smallest absolute Gasteiger partial charge is 0.346 e. The summed E-state index contributed by atoms with van der Waals surface area (Å²) in [7, 11) is 0. The van der Waals surface area contributed by atoms with Gasteiger partial charge in [-0.05, 0) is 47.9 Å². The molecule has 3 aromatic carbocycles. The number of ether oxygens (including phenoxy) is 1. The molecule has 150 valence electrons. The summed E-state index contributed by atoms with van der Waals surface area (Å²) in [5.74, 6) is 0.295. The SMILES string of the molecule is CCOc1ccc(/C=N\N2C(=O)NC(c3ccccc3)(c3ccccc3)C2=O)cc1. The maximum Gasteiger partial charge on any atom is 0.346 e. The van der Waals surface area contributed by atoms with Gasteiger partial charge in [-0.2, -0.15) is 5.10 Å². The molecule has 1 aliphatic rings. The molecule has 1 saturated heterocycles. The van der Waals surface area contributed by atoms with E-state index in [9.17, 15) is 9.59 Å². The summed E-state index contributed by atoms with van der Waals surface area (Å²) >= 11 is 0. The number of hydrazone groups is 1. The molecule has 1 heterocycles. The molecule has 6 heteroatoms. The number of benzene rings is 3. The third-order valence-electron chi connectivity index (χ3n) is 4.93. The van der Waals surface area contributed by atoms with E-state index < -0.39 is 17.5 Å². The summed E-state index contributed by atoms with van der Waals surface area (Å²) < 4.78 is 5.43. The molecule has 30 heavy (non-hydrogen) atoms. The van der Waals surface area contributed by atoms with Crippen molar-refractivity contribution in [3.05, 3.63) is 102 Å². The van der Waals surface area contributed by atoms with Crippen LogP contribution in [-0.4, -0.2) is 29.8 Å². The standard InChI is InChI=1S/C24H21N3O3/c1-2-30-21-15-13-18(14-16-21)17-25-27-22(28)24(26-23(27)29,19-9-5-3-6-10-19)20-11-7-4-8-12-20/h3-17H,2H2,1H3,(H,26,29)/b25-17-. The topological polar surface area (TPSA) is 71.0 Å². The molecule has 4 rings (SSSR count). The second-order valence-electron chi connectivity index (χ2n) is 6.78. The van der Waals surface area contributed by atoms with Crippen LogP contribution in [0, 0.1) is 0 Å². The van der Waals surface area contributed by atoms with E-state index >= 15 is 0 Å². The number of amides is 3. The first-order valence-corrected chi connectivity index (χ1v) is 9.69. The average Bonchev–Trinajstić information content (AvgIpc) is 3.05. The van der Waals surface area contributed by atoms with E-state index in [4.69, 9.17) is 4.74 Å². The van der Waals surface area contributed by atoms with Gasteiger partial charge in [0, 0.05) is 0 Å². The van der Waals surface area contributed by atoms with Gasteiger partial charge in [0.1, 0.15) is 5.75 Å². The number of carbonyl (C=O) groups is 2. The Hall–Kier alpha value is -3.93. The fourth-order valence-corrected chi connectivity index (χ4v) is 3.50. The number of hydrogen-bond acceptors (Lipinski definition) is 4. The monoisotopic (exact) mass is 399 g/mol. The second-order valence-corrected chi connectivity index (χ2v) is 6.78. The van der Waals surface area contributed by atoms with E-state index in [1.54, 1.807) is 0 Å². The van der Waals surface area contributed by atoms with Crippen LogP contribution in [-0.2, 0) is 10.3 Å². The highest BCUT2D eigenvalue weighted by Gasteiger charge is 2.54. The number of nitrogens with one attached hydrogen (secondary N) is 1. The molecule has 1 fully saturated rings. The van der Waals surface area contributed by atoms with Gasteiger partial charge in [-0.1, -0.05) is 60.7 Å². The third kappa shape index (κ3) is 3.43. The number of rotatable bonds is 6. The van der Waals surface area contributed by atoms with E-state index in [0.29, 0.717) is 17.7 Å². The molecule has 0 radical (unpaired) electrons. The van der Waals surface area contributed by atoms with Gasteiger partial charge in [0.15, 0.2) is 5.54 Å². The molecule has 0 aromatic heterocycles. The second kappa shape index (κ2) is 8.21. The van der Waals surface area contributed by atoms with Gasteiger partial charge in [-0.15, -0.1) is 5.01 Å². The normalized spacial score (nSPS) is 15.4. The van der Waals surface area contributed by atoms with Crippen LogP contribution in [0.5, 0.6) is 5.75 Å². The van der Waals surface area contributed by atoms with E-state index in [1.807, 2.05) is 91.9 Å². The molecule has 3 amide bonds. The first-order chi connectivity index (χ1) is 14.6. The van der Waals surface area contributed by atoms with Gasteiger partial charge in [0.25, 0.3) is 5.91 Å². The van der Waals surface area contributed by atoms with Crippen molar-refractivity contribution < 1.29 is 14.3 Å². The Kier molecular flexibility index (Phi) is 5.30. The third-order valence-corrected chi connectivity index (χ3v) is 4.93. The molecule has 1 N–H and O–H groups in total. The minimum absolute atomic E-state index is 0.452. The highest BCUT2D eigenvalue weighted by Crippen LogP contribution is 2.36. The van der Waals surface area contributed by atoms with Crippen LogP contribution in [0.3, 0.4) is 0 Å². The van der Waals surface area contributed by atoms with Crippen LogP contribution >= 0.6 is 0 Å². The summed E-state index contributed by atoms with van der Waals surface area (Å²) in [5.41, 5.74) is 0.771. The number of urea groups is 1. The maximum absolute atomic E-state index is 13.5. The van der Waals surface area contributed by atoms with E-state index in [1.165, 1.54) is 6.21 Å². The summed E-state index contributed by atoms with van der Waals surface area (Å²) in [6.45, 7) is 2.50. The number of hydrogen-bond donors (Lipinski definition) is 1. The lowest BCUT2D eigenvalue weighted by atomic mass is 9.83. The highest BCUT2D eigenvalue weighted by atomic mass is 16.5. The van der Waals surface area contributed by atoms with Crippen molar-refractivity contribution in [1.29, 1.82) is 0 Å². The summed E-state index contributed by atoms with van der Waals surface area (Å²) in [5, 5.41) is 7.93. The number of imide groups is 1. The quantitative estimate of drug-likeness (QED) is 0.505. The van der Waals surface area contributed by atoms with E-state index in [2.05, 4.69) is 10.4 Å². The summed E-state index contributed by atoms with van der Waals surface area (Å²) in [4.78, 5) is 26.3. The molecule has 0 atom stereocenters. The van der Waals surface area contributed by atoms with Gasteiger partial charge < -0.3 is 10.1 Å². The van der Waals surface area contributed by atoms with Crippen molar-refractivity contribution in [2.75, 3.05) is 6.61 Å². The molecular weight excluding hydrogens is 378 g/mol. The van der Waals surface area contributed by atoms with Crippen LogP contribution in [0.2, 0.25) is 0 Å². The fourth-order valence-electron chi connectivity index (χ4n) is 3.50. The van der Waals surface area contributed by atoms with E-state index in [0.717, 1.165) is 16.3 Å². The van der Waals surface area contributed by atoms with Crippen molar-refractivity contribution in [1.82, 2.24) is 10.3 Å². The van der Waals surface area contributed by atoms with Crippen molar-refractivity contribution in [2.24, 2.45) is 5.10 Å². The number of carbonyl (C=O) groups excluding carboxylic acids is 2. The minimum Gasteiger partial charge on any atom is -0.494 e. The average molecular weight is 399 g/mol. The van der Waals surface area contributed by atoms with Gasteiger partial charge >= 0.3 is 6.03 Å². The molecule has 0 saturated carbocycles. The van der Waals surface area contributed by atoms with Crippen molar-refractivity contribution >= 4 is 18.2 Å². The predicted molar refractivity (Wildman–Crippen MR) is 114 cm³/mol. The summed E-state index contributed by atoms with van der Waals surface area (Å²) in [6, 6.07) is 25.1. The molecule has 3 aromatic rings. The van der Waals surface area contributed by atoms with Gasteiger partial charge in [-0.3, -0.25) is 4.79 Å². The highest BCUT2D eigenvalue weighted by molar-refractivity contribution is 6.09. The summed E-state index contributed by atoms with van der Waals surface area (Å²) in [6.07, 6.45) is 1.49. The maximum atomic E-state index is 13.5. The lowest BCUT2D eigenvalue weighted by Gasteiger charge is -2.27. The van der Waals surface area contributed by atoms with Crippen LogP contribution in [0.15, 0.2) is 90.0 Å². The van der Waals surface area contributed by atoms with Crippen LogP contribution in [0.1, 0.15) is 23.6 Å². The van der Waals surface area contributed by atoms with E-state index in [-0.39, 0.29) is 0 Å². The molecule has 6 nitrogen and oxygen atoms in total. The zero-order valence-electron chi connectivity index (χ0n) is 16.5. The van der Waals surface area contributed by atoms with Crippen molar-refractivity contribution in [3.63, 3.8) is 0 Å². The molecule has 1 aliphatic heterocycles. The Bertz CT molecular complexity index is 1020. The lowest BCUT2D eigenvalue weighted by Crippen LogP contribution is -2.44. The van der Waals surface area contributed by atoms with Gasteiger partial charge in [0.05, 0.1) is 12.8 Å². The first-order valence-electron chi connectivity index (χ1n) is 9.69. The Balaban J connectivity index is 1.68.